The molecule has 0 atom stereocenters. The molecule has 0 unspecified atom stereocenters. The third-order valence-corrected chi connectivity index (χ3v) is 15.5. The molecule has 67 heavy (non-hydrogen) atoms. The van der Waals surface area contributed by atoms with Crippen molar-refractivity contribution in [3.63, 3.8) is 0 Å². The van der Waals surface area contributed by atoms with Crippen LogP contribution in [0.4, 0.5) is 11.8 Å². The summed E-state index contributed by atoms with van der Waals surface area (Å²) in [4.78, 5) is 60.0. The van der Waals surface area contributed by atoms with Crippen LogP contribution in [0.3, 0.4) is 0 Å². The summed E-state index contributed by atoms with van der Waals surface area (Å²) in [7, 11) is 0. The fourth-order valence-corrected chi connectivity index (χ4v) is 11.5. The average molecular weight is 914 g/mol. The molecule has 5 aliphatic heterocycles. The van der Waals surface area contributed by atoms with Gasteiger partial charge in [-0.05, 0) is 85.1 Å². The van der Waals surface area contributed by atoms with Crippen molar-refractivity contribution in [1.82, 2.24) is 44.4 Å². The van der Waals surface area contributed by atoms with E-state index in [1.165, 1.54) is 17.2 Å². The number of phenolic OH excluding ortho intramolecular Hbond substituents is 2. The van der Waals surface area contributed by atoms with Crippen LogP contribution in [0.1, 0.15) is 102 Å². The minimum Gasteiger partial charge on any atom is -0.508 e. The van der Waals surface area contributed by atoms with Gasteiger partial charge < -0.3 is 40.3 Å². The Morgan fingerprint density at radius 3 is 2.22 bits per heavy atom. The van der Waals surface area contributed by atoms with Crippen molar-refractivity contribution in [2.45, 2.75) is 96.9 Å². The number of carbonyl (C=O) groups is 2. The van der Waals surface area contributed by atoms with E-state index in [1.54, 1.807) is 23.4 Å². The zero-order chi connectivity index (χ0) is 46.2. The number of aromatic hydroxyl groups is 2. The number of aromatic nitrogens is 4. The minimum atomic E-state index is -0.220. The second kappa shape index (κ2) is 19.7. The van der Waals surface area contributed by atoms with Crippen molar-refractivity contribution < 1.29 is 24.5 Å². The molecule has 7 heterocycles. The van der Waals surface area contributed by atoms with Gasteiger partial charge in [-0.25, -0.2) is 19.9 Å². The number of nitrogens with zero attached hydrogens (tertiary/aromatic N) is 10. The van der Waals surface area contributed by atoms with Crippen LogP contribution in [0.25, 0.3) is 11.4 Å². The van der Waals surface area contributed by atoms with Crippen molar-refractivity contribution in [3.8, 4) is 22.9 Å². The van der Waals surface area contributed by atoms with Crippen molar-refractivity contribution in [2.24, 2.45) is 11.8 Å². The zero-order valence-corrected chi connectivity index (χ0v) is 39.3. The Kier molecular flexibility index (Phi) is 13.3. The number of morpholine rings is 1. The summed E-state index contributed by atoms with van der Waals surface area (Å²) < 4.78 is 5.66. The largest absolute Gasteiger partial charge is 0.508 e. The van der Waals surface area contributed by atoms with Gasteiger partial charge in [0.15, 0.2) is 5.82 Å². The number of carbonyl (C=O) groups excluding carboxylic acids is 2. The van der Waals surface area contributed by atoms with Gasteiger partial charge in [0.1, 0.15) is 17.3 Å². The van der Waals surface area contributed by atoms with Crippen molar-refractivity contribution in [3.05, 3.63) is 81.8 Å². The number of benzene rings is 2. The summed E-state index contributed by atoms with van der Waals surface area (Å²) in [6, 6.07) is 9.94. The number of anilines is 2. The summed E-state index contributed by atoms with van der Waals surface area (Å²) >= 11 is 0. The molecular weight excluding hydrogens is 847 g/mol. The number of amides is 2. The molecule has 2 aromatic carbocycles. The summed E-state index contributed by atoms with van der Waals surface area (Å²) in [6.07, 6.45) is 10.4. The first-order valence-electron chi connectivity index (χ1n) is 24.8. The number of piperidine rings is 1. The zero-order valence-electron chi connectivity index (χ0n) is 39.3. The molecule has 16 nitrogen and oxygen atoms in total. The lowest BCUT2D eigenvalue weighted by Gasteiger charge is -2.42. The topological polar surface area (TPSA) is 181 Å². The summed E-state index contributed by atoms with van der Waals surface area (Å²) in [5.74, 6) is 2.62. The van der Waals surface area contributed by atoms with Gasteiger partial charge in [0.05, 0.1) is 30.0 Å². The van der Waals surface area contributed by atoms with E-state index in [0.29, 0.717) is 55.6 Å². The van der Waals surface area contributed by atoms with E-state index in [4.69, 9.17) is 20.4 Å². The highest BCUT2D eigenvalue weighted by Gasteiger charge is 2.36. The lowest BCUT2D eigenvalue weighted by Crippen LogP contribution is -2.49. The first-order chi connectivity index (χ1) is 32.5. The predicted molar refractivity (Wildman–Crippen MR) is 255 cm³/mol. The molecule has 0 bridgehead atoms. The molecule has 0 spiro atoms. The predicted octanol–water partition coefficient (Wildman–Crippen LogP) is 5.02. The second-order valence-electron chi connectivity index (χ2n) is 20.1. The Morgan fingerprint density at radius 2 is 1.49 bits per heavy atom. The van der Waals surface area contributed by atoms with Crippen LogP contribution in [-0.2, 0) is 42.1 Å². The normalized spacial score (nSPS) is 22.3. The number of fused-ring (bicyclic) bond motifs is 2. The molecule has 2 aromatic heterocycles. The van der Waals surface area contributed by atoms with Crippen LogP contribution in [0, 0.1) is 11.8 Å². The van der Waals surface area contributed by atoms with Gasteiger partial charge in [0.25, 0.3) is 5.91 Å². The third kappa shape index (κ3) is 9.95. The van der Waals surface area contributed by atoms with Gasteiger partial charge in [0, 0.05) is 128 Å². The smallest absolute Gasteiger partial charge is 0.258 e. The summed E-state index contributed by atoms with van der Waals surface area (Å²) in [6.45, 7) is 17.5. The number of phenols is 2. The number of piperazine rings is 1. The minimum absolute atomic E-state index is 0.0118. The molecule has 10 rings (SSSR count). The number of nitrogens with two attached hydrogens (primary N) is 1. The highest BCUT2D eigenvalue weighted by molar-refractivity contribution is 5.97. The number of hydrogen-bond acceptors (Lipinski definition) is 14. The molecule has 16 heteroatoms. The van der Waals surface area contributed by atoms with Crippen LogP contribution in [-0.4, -0.2) is 151 Å². The molecule has 4 N–H and O–H groups in total. The van der Waals surface area contributed by atoms with Crippen molar-refractivity contribution >= 4 is 23.6 Å². The van der Waals surface area contributed by atoms with Gasteiger partial charge in [-0.3, -0.25) is 19.4 Å². The molecule has 2 amide bonds. The fraction of sp³-hybridized carbons (Fsp3) is 0.569. The molecule has 356 valence electrons. The van der Waals surface area contributed by atoms with E-state index in [2.05, 4.69) is 52.7 Å². The maximum Gasteiger partial charge on any atom is 0.258 e. The molecule has 3 saturated heterocycles. The van der Waals surface area contributed by atoms with E-state index in [1.807, 2.05) is 13.8 Å². The molecule has 1 saturated carbocycles. The monoisotopic (exact) mass is 914 g/mol. The molecular formula is C51H67N11O5. The van der Waals surface area contributed by atoms with Gasteiger partial charge in [-0.2, -0.15) is 0 Å². The highest BCUT2D eigenvalue weighted by Crippen LogP contribution is 2.37. The standard InChI is InChI=1S/C51H67N11O5/c1-33(2)42-24-43(46(64)25-45(42)63)50(66)62-30-37-4-3-35(23-38(37)31-62)29-58-17-15-57(16-18-58)28-34-9-12-60(13-10-34)49(65)36-5-7-40(8-6-36)61-14-11-41-44(32-61)55-47(39-26-53-51(52)54-27-39)56-48(41)59-19-21-67-22-20-59/h3-4,23-27,33-34,36,40,63-64H,5-22,28-32H2,1-2H3,(H2,52,53,54). The average Bonchev–Trinajstić information content (AvgIpc) is 3.78. The highest BCUT2D eigenvalue weighted by atomic mass is 16.5. The summed E-state index contributed by atoms with van der Waals surface area (Å²) in [5.41, 5.74) is 13.3. The Hall–Kier alpha value is -5.42. The van der Waals surface area contributed by atoms with Crippen LogP contribution in [0.15, 0.2) is 42.7 Å². The number of nitrogen functional groups attached to an aromatic ring is 1. The Balaban J connectivity index is 0.657. The van der Waals surface area contributed by atoms with Crippen LogP contribution in [0.5, 0.6) is 11.5 Å². The van der Waals surface area contributed by atoms with Gasteiger partial charge in [-0.15, -0.1) is 0 Å². The number of likely N-dealkylation sites (tertiary alicyclic amines) is 1. The second-order valence-corrected chi connectivity index (χ2v) is 20.1. The van der Waals surface area contributed by atoms with E-state index in [0.717, 1.165) is 152 Å². The molecule has 1 aliphatic carbocycles. The van der Waals surface area contributed by atoms with E-state index >= 15 is 0 Å². The first kappa shape index (κ1) is 45.4. The summed E-state index contributed by atoms with van der Waals surface area (Å²) in [5, 5.41) is 20.8. The Labute approximate surface area is 394 Å². The third-order valence-electron chi connectivity index (χ3n) is 15.5. The van der Waals surface area contributed by atoms with Gasteiger partial charge >= 0.3 is 0 Å². The van der Waals surface area contributed by atoms with E-state index in [9.17, 15) is 19.8 Å². The number of rotatable bonds is 10. The van der Waals surface area contributed by atoms with Crippen molar-refractivity contribution in [2.75, 3.05) is 89.3 Å². The SMILES string of the molecule is CC(C)c1cc(C(=O)N2Cc3ccc(CN4CCN(CC5CCN(C(=O)C6CCC(N7CCc8c(nc(-c9cnc(N)nc9)nc8N8CCOCC8)C7)CC6)CC5)CC4)cc3C2)c(O)cc1O. The molecule has 4 aromatic rings. The Morgan fingerprint density at radius 1 is 0.776 bits per heavy atom. The fourth-order valence-electron chi connectivity index (χ4n) is 11.5. The van der Waals surface area contributed by atoms with Crippen LogP contribution < -0.4 is 10.6 Å². The first-order valence-corrected chi connectivity index (χ1v) is 24.8. The quantitative estimate of drug-likeness (QED) is 0.193. The maximum absolute atomic E-state index is 13.9. The van der Waals surface area contributed by atoms with E-state index < -0.39 is 0 Å². The molecule has 4 fully saturated rings. The Bertz CT molecular complexity index is 2420. The number of hydrogen-bond donors (Lipinski definition) is 3. The van der Waals surface area contributed by atoms with Gasteiger partial charge in [-0.1, -0.05) is 32.0 Å². The maximum atomic E-state index is 13.9. The molecule has 6 aliphatic rings. The van der Waals surface area contributed by atoms with E-state index in [-0.39, 0.29) is 40.8 Å². The van der Waals surface area contributed by atoms with Crippen LogP contribution >= 0.6 is 0 Å². The van der Waals surface area contributed by atoms with Gasteiger partial charge in [0.2, 0.25) is 11.9 Å². The lowest BCUT2D eigenvalue weighted by molar-refractivity contribution is -0.138. The van der Waals surface area contributed by atoms with Crippen LogP contribution in [0.2, 0.25) is 0 Å². The number of ether oxygens (including phenoxy) is 1. The molecule has 0 radical (unpaired) electrons. The van der Waals surface area contributed by atoms with Crippen molar-refractivity contribution in [1.29, 1.82) is 0 Å². The lowest BCUT2D eigenvalue weighted by atomic mass is 9.83.